The summed E-state index contributed by atoms with van der Waals surface area (Å²) >= 11 is 1.69. The summed E-state index contributed by atoms with van der Waals surface area (Å²) in [5, 5.41) is 11.8. The van der Waals surface area contributed by atoms with Crippen LogP contribution < -0.4 is 5.32 Å². The van der Waals surface area contributed by atoms with E-state index >= 15 is 0 Å². The quantitative estimate of drug-likeness (QED) is 0.767. The zero-order valence-electron chi connectivity index (χ0n) is 9.73. The molecule has 1 amide bonds. The summed E-state index contributed by atoms with van der Waals surface area (Å²) < 4.78 is 0. The molecule has 0 aliphatic heterocycles. The highest BCUT2D eigenvalue weighted by Gasteiger charge is 2.33. The van der Waals surface area contributed by atoms with Crippen molar-refractivity contribution in [1.82, 2.24) is 5.32 Å². The lowest BCUT2D eigenvalue weighted by Crippen LogP contribution is -2.38. The Balaban J connectivity index is 2.36. The van der Waals surface area contributed by atoms with Crippen LogP contribution in [0, 0.1) is 11.8 Å². The molecule has 0 aromatic heterocycles. The molecule has 92 valence electrons. The first kappa shape index (κ1) is 13.4. The van der Waals surface area contributed by atoms with Crippen LogP contribution in [0.15, 0.2) is 0 Å². The summed E-state index contributed by atoms with van der Waals surface area (Å²) in [6.07, 6.45) is 3.82. The van der Waals surface area contributed by atoms with Crippen LogP contribution in [-0.4, -0.2) is 35.0 Å². The van der Waals surface area contributed by atoms with Gasteiger partial charge in [-0.3, -0.25) is 9.59 Å². The second kappa shape index (κ2) is 6.13. The number of carbonyl (C=O) groups is 2. The Kier molecular flexibility index (Phi) is 5.12. The molecular weight excluding hydrogens is 226 g/mol. The topological polar surface area (TPSA) is 66.4 Å². The van der Waals surface area contributed by atoms with Crippen LogP contribution in [0.2, 0.25) is 0 Å². The van der Waals surface area contributed by atoms with Crippen molar-refractivity contribution in [2.75, 3.05) is 12.0 Å². The van der Waals surface area contributed by atoms with Gasteiger partial charge < -0.3 is 10.4 Å². The van der Waals surface area contributed by atoms with Gasteiger partial charge in [0.1, 0.15) is 0 Å². The molecule has 1 aliphatic rings. The minimum absolute atomic E-state index is 0.0188. The number of thioether (sulfide) groups is 1. The van der Waals surface area contributed by atoms with Gasteiger partial charge in [0.05, 0.1) is 5.92 Å². The number of rotatable bonds is 5. The smallest absolute Gasteiger partial charge is 0.306 e. The van der Waals surface area contributed by atoms with Crippen molar-refractivity contribution in [1.29, 1.82) is 0 Å². The third-order valence-corrected chi connectivity index (χ3v) is 3.79. The summed E-state index contributed by atoms with van der Waals surface area (Å²) in [6, 6.07) is 0.159. The van der Waals surface area contributed by atoms with Gasteiger partial charge in [0.2, 0.25) is 5.91 Å². The van der Waals surface area contributed by atoms with Crippen LogP contribution in [0.1, 0.15) is 26.2 Å². The molecule has 0 saturated heterocycles. The van der Waals surface area contributed by atoms with Gasteiger partial charge in [0.15, 0.2) is 0 Å². The lowest BCUT2D eigenvalue weighted by Gasteiger charge is -2.16. The molecule has 3 atom stereocenters. The molecule has 0 aromatic carbocycles. The van der Waals surface area contributed by atoms with Crippen LogP contribution >= 0.6 is 11.8 Å². The van der Waals surface area contributed by atoms with Gasteiger partial charge in [-0.2, -0.15) is 11.8 Å². The number of hydrogen-bond donors (Lipinski definition) is 2. The van der Waals surface area contributed by atoms with Crippen molar-refractivity contribution in [2.45, 2.75) is 32.2 Å². The van der Waals surface area contributed by atoms with E-state index in [1.807, 2.05) is 13.2 Å². The Hall–Kier alpha value is -0.710. The molecule has 16 heavy (non-hydrogen) atoms. The summed E-state index contributed by atoms with van der Waals surface area (Å²) in [7, 11) is 0. The van der Waals surface area contributed by atoms with Gasteiger partial charge in [0, 0.05) is 17.7 Å². The van der Waals surface area contributed by atoms with Crippen molar-refractivity contribution in [3.8, 4) is 0 Å². The second-order valence-corrected chi connectivity index (χ2v) is 5.32. The van der Waals surface area contributed by atoms with Crippen molar-refractivity contribution in [3.63, 3.8) is 0 Å². The molecule has 0 spiro atoms. The van der Waals surface area contributed by atoms with Crippen molar-refractivity contribution in [2.24, 2.45) is 11.8 Å². The minimum Gasteiger partial charge on any atom is -0.481 e. The van der Waals surface area contributed by atoms with Gasteiger partial charge in [-0.15, -0.1) is 0 Å². The number of carboxylic acid groups (broad SMARTS) is 1. The number of nitrogens with one attached hydrogen (secondary N) is 1. The average molecular weight is 245 g/mol. The van der Waals surface area contributed by atoms with Gasteiger partial charge in [-0.05, 0) is 32.4 Å². The van der Waals surface area contributed by atoms with Crippen molar-refractivity contribution in [3.05, 3.63) is 0 Å². The normalized spacial score (nSPS) is 26.4. The van der Waals surface area contributed by atoms with E-state index in [9.17, 15) is 9.59 Å². The van der Waals surface area contributed by atoms with E-state index in [1.165, 1.54) is 0 Å². The molecule has 0 aromatic rings. The van der Waals surface area contributed by atoms with Crippen LogP contribution in [0.3, 0.4) is 0 Å². The monoisotopic (exact) mass is 245 g/mol. The van der Waals surface area contributed by atoms with Crippen LogP contribution in [0.25, 0.3) is 0 Å². The highest BCUT2D eigenvalue weighted by molar-refractivity contribution is 7.98. The molecule has 2 N–H and O–H groups in total. The van der Waals surface area contributed by atoms with Crippen molar-refractivity contribution >= 4 is 23.6 Å². The maximum absolute atomic E-state index is 11.8. The fourth-order valence-corrected chi connectivity index (χ4v) is 2.68. The third kappa shape index (κ3) is 3.70. The van der Waals surface area contributed by atoms with Gasteiger partial charge in [-0.1, -0.05) is 0 Å². The third-order valence-electron chi connectivity index (χ3n) is 2.96. The largest absolute Gasteiger partial charge is 0.481 e. The van der Waals surface area contributed by atoms with Crippen LogP contribution in [0.4, 0.5) is 0 Å². The molecule has 1 unspecified atom stereocenters. The SMILES string of the molecule is CSCC(C)NC(=O)[C@@H]1CC[C@H](C(=O)O)C1. The molecule has 1 aliphatic carbocycles. The Morgan fingerprint density at radius 3 is 2.56 bits per heavy atom. The number of carboxylic acids is 1. The van der Waals surface area contributed by atoms with E-state index in [-0.39, 0.29) is 23.8 Å². The highest BCUT2D eigenvalue weighted by Crippen LogP contribution is 2.31. The van der Waals surface area contributed by atoms with E-state index in [1.54, 1.807) is 11.8 Å². The van der Waals surface area contributed by atoms with E-state index in [4.69, 9.17) is 5.11 Å². The Bertz CT molecular complexity index is 270. The van der Waals surface area contributed by atoms with E-state index < -0.39 is 5.97 Å². The first-order valence-electron chi connectivity index (χ1n) is 5.56. The van der Waals surface area contributed by atoms with Gasteiger partial charge in [-0.25, -0.2) is 0 Å². The zero-order valence-corrected chi connectivity index (χ0v) is 10.5. The molecule has 4 nitrogen and oxygen atoms in total. The molecular formula is C11H19NO3S. The number of hydrogen-bond acceptors (Lipinski definition) is 3. The van der Waals surface area contributed by atoms with E-state index in [0.29, 0.717) is 19.3 Å². The maximum Gasteiger partial charge on any atom is 0.306 e. The Morgan fingerprint density at radius 2 is 2.06 bits per heavy atom. The predicted molar refractivity (Wildman–Crippen MR) is 64.5 cm³/mol. The van der Waals surface area contributed by atoms with Gasteiger partial charge in [0.25, 0.3) is 0 Å². The molecule has 5 heteroatoms. The lowest BCUT2D eigenvalue weighted by molar-refractivity contribution is -0.141. The van der Waals surface area contributed by atoms with Crippen molar-refractivity contribution < 1.29 is 14.7 Å². The molecule has 0 bridgehead atoms. The lowest BCUT2D eigenvalue weighted by atomic mass is 10.0. The van der Waals surface area contributed by atoms with E-state index in [0.717, 1.165) is 5.75 Å². The first-order chi connectivity index (χ1) is 7.54. The summed E-state index contributed by atoms with van der Waals surface area (Å²) in [5.41, 5.74) is 0. The highest BCUT2D eigenvalue weighted by atomic mass is 32.2. The second-order valence-electron chi connectivity index (χ2n) is 4.41. The average Bonchev–Trinajstić information content (AvgIpc) is 2.66. The summed E-state index contributed by atoms with van der Waals surface area (Å²) in [6.45, 7) is 1.97. The Morgan fingerprint density at radius 1 is 1.44 bits per heavy atom. The molecule has 0 heterocycles. The van der Waals surface area contributed by atoms with Gasteiger partial charge >= 0.3 is 5.97 Å². The number of aliphatic carboxylic acids is 1. The summed E-state index contributed by atoms with van der Waals surface area (Å²) in [5.74, 6) is -0.296. The van der Waals surface area contributed by atoms with E-state index in [2.05, 4.69) is 5.32 Å². The first-order valence-corrected chi connectivity index (χ1v) is 6.96. The molecule has 1 rings (SSSR count). The van der Waals surface area contributed by atoms with Crippen LogP contribution in [0.5, 0.6) is 0 Å². The minimum atomic E-state index is -0.771. The Labute approximate surface area is 100 Å². The number of amides is 1. The number of carbonyl (C=O) groups excluding carboxylic acids is 1. The maximum atomic E-state index is 11.8. The predicted octanol–water partition coefficient (Wildman–Crippen LogP) is 1.35. The summed E-state index contributed by atoms with van der Waals surface area (Å²) in [4.78, 5) is 22.5. The molecule has 1 fully saturated rings. The van der Waals surface area contributed by atoms with Crippen LogP contribution in [-0.2, 0) is 9.59 Å². The fourth-order valence-electron chi connectivity index (χ4n) is 2.10. The zero-order chi connectivity index (χ0) is 12.1. The molecule has 0 radical (unpaired) electrons. The standard InChI is InChI=1S/C11H19NO3S/c1-7(6-16-2)12-10(13)8-3-4-9(5-8)11(14)15/h7-9H,3-6H2,1-2H3,(H,12,13)(H,14,15)/t7?,8-,9+/m1/s1. The molecule has 1 saturated carbocycles. The fraction of sp³-hybridized carbons (Fsp3) is 0.818.